The molecule has 27 heavy (non-hydrogen) atoms. The van der Waals surface area contributed by atoms with Crippen LogP contribution in [-0.2, 0) is 14.8 Å². The van der Waals surface area contributed by atoms with Crippen LogP contribution < -0.4 is 10.0 Å². The lowest BCUT2D eigenvalue weighted by molar-refractivity contribution is -0.120. The van der Waals surface area contributed by atoms with Gasteiger partial charge in [0.05, 0.1) is 10.9 Å². The highest BCUT2D eigenvalue weighted by molar-refractivity contribution is 8.00. The van der Waals surface area contributed by atoms with Crippen LogP contribution in [0.2, 0.25) is 0 Å². The average molecular weight is 423 g/mol. The van der Waals surface area contributed by atoms with Gasteiger partial charge >= 0.3 is 0 Å². The Balaban J connectivity index is 1.88. The van der Waals surface area contributed by atoms with Gasteiger partial charge in [-0.3, -0.25) is 14.3 Å². The SMILES string of the molecule is CNC(=O)CCSC1C=C(NS(=O)(=O)c2cccs2)c2ccccc2C1=O. The van der Waals surface area contributed by atoms with Gasteiger partial charge in [0, 0.05) is 30.3 Å². The summed E-state index contributed by atoms with van der Waals surface area (Å²) in [7, 11) is -2.16. The maximum absolute atomic E-state index is 12.8. The number of Topliss-reactive ketones (excluding diaryl/α,β-unsaturated/α-hetero) is 1. The van der Waals surface area contributed by atoms with Crippen LogP contribution in [-0.4, -0.2) is 38.2 Å². The second kappa shape index (κ2) is 8.28. The number of sulfonamides is 1. The highest BCUT2D eigenvalue weighted by atomic mass is 32.2. The second-order valence-corrected chi connectivity index (χ2v) is 9.85. The Morgan fingerprint density at radius 3 is 2.59 bits per heavy atom. The molecular weight excluding hydrogens is 404 g/mol. The fourth-order valence-corrected chi connectivity index (χ4v) is 5.77. The quantitative estimate of drug-likeness (QED) is 0.715. The van der Waals surface area contributed by atoms with Gasteiger partial charge in [-0.05, 0) is 17.5 Å². The number of benzene rings is 1. The van der Waals surface area contributed by atoms with E-state index in [1.54, 1.807) is 48.8 Å². The van der Waals surface area contributed by atoms with Crippen LogP contribution in [0.15, 0.2) is 52.1 Å². The van der Waals surface area contributed by atoms with Gasteiger partial charge < -0.3 is 5.32 Å². The van der Waals surface area contributed by atoms with Gasteiger partial charge in [0.1, 0.15) is 4.21 Å². The highest BCUT2D eigenvalue weighted by Gasteiger charge is 2.30. The number of fused-ring (bicyclic) bond motifs is 1. The molecular formula is C18H18N2O4S3. The third-order valence-electron chi connectivity index (χ3n) is 3.97. The Kier molecular flexibility index (Phi) is 6.03. The van der Waals surface area contributed by atoms with Crippen LogP contribution in [0.1, 0.15) is 22.3 Å². The van der Waals surface area contributed by atoms with Gasteiger partial charge in [0.25, 0.3) is 10.0 Å². The zero-order valence-corrected chi connectivity index (χ0v) is 16.9. The minimum absolute atomic E-state index is 0.0911. The number of hydrogen-bond acceptors (Lipinski definition) is 6. The lowest BCUT2D eigenvalue weighted by Crippen LogP contribution is -2.29. The van der Waals surface area contributed by atoms with Crippen molar-refractivity contribution >= 4 is 50.5 Å². The summed E-state index contributed by atoms with van der Waals surface area (Å²) in [4.78, 5) is 24.2. The van der Waals surface area contributed by atoms with E-state index < -0.39 is 15.3 Å². The van der Waals surface area contributed by atoms with Crippen molar-refractivity contribution in [2.45, 2.75) is 15.9 Å². The molecule has 1 amide bonds. The Morgan fingerprint density at radius 2 is 1.93 bits per heavy atom. The van der Waals surface area contributed by atoms with Crippen LogP contribution in [0.25, 0.3) is 5.70 Å². The second-order valence-electron chi connectivity index (χ2n) is 5.74. The van der Waals surface area contributed by atoms with Crippen molar-refractivity contribution in [3.05, 3.63) is 59.0 Å². The lowest BCUT2D eigenvalue weighted by Gasteiger charge is -2.23. The molecule has 142 valence electrons. The van der Waals surface area contributed by atoms with Crippen LogP contribution in [0.4, 0.5) is 0 Å². The molecule has 1 unspecified atom stereocenters. The van der Waals surface area contributed by atoms with Crippen molar-refractivity contribution in [1.82, 2.24) is 10.0 Å². The van der Waals surface area contributed by atoms with Crippen molar-refractivity contribution in [2.24, 2.45) is 0 Å². The summed E-state index contributed by atoms with van der Waals surface area (Å²) in [6.07, 6.45) is 1.92. The van der Waals surface area contributed by atoms with Crippen molar-refractivity contribution in [2.75, 3.05) is 12.8 Å². The van der Waals surface area contributed by atoms with E-state index in [-0.39, 0.29) is 22.3 Å². The van der Waals surface area contributed by atoms with Crippen molar-refractivity contribution < 1.29 is 18.0 Å². The van der Waals surface area contributed by atoms with Crippen LogP contribution >= 0.6 is 23.1 Å². The molecule has 1 aliphatic carbocycles. The Labute approximate surface area is 166 Å². The number of thiophene rings is 1. The lowest BCUT2D eigenvalue weighted by atomic mass is 9.94. The molecule has 2 aromatic rings. The molecule has 1 aliphatic rings. The van der Waals surface area contributed by atoms with E-state index in [1.165, 1.54) is 17.8 Å². The normalized spacial score (nSPS) is 16.4. The summed E-state index contributed by atoms with van der Waals surface area (Å²) in [6, 6.07) is 10.1. The van der Waals surface area contributed by atoms with E-state index in [0.29, 0.717) is 22.6 Å². The molecule has 0 saturated carbocycles. The van der Waals surface area contributed by atoms with Crippen molar-refractivity contribution in [1.29, 1.82) is 0 Å². The molecule has 2 N–H and O–H groups in total. The standard InChI is InChI=1S/C18H18N2O4S3/c1-19-16(21)8-10-25-15-11-14(12-5-2-3-6-13(12)18(15)22)20-27(23,24)17-7-4-9-26-17/h2-7,9,11,15,20H,8,10H2,1H3,(H,19,21). The zero-order valence-electron chi connectivity index (χ0n) is 14.5. The van der Waals surface area contributed by atoms with Crippen LogP contribution in [0, 0.1) is 0 Å². The first-order chi connectivity index (χ1) is 12.9. The fraction of sp³-hybridized carbons (Fsp3) is 0.222. The van der Waals surface area contributed by atoms with E-state index in [0.717, 1.165) is 11.3 Å². The molecule has 1 aromatic carbocycles. The largest absolute Gasteiger partial charge is 0.359 e. The zero-order chi connectivity index (χ0) is 19.4. The molecule has 0 spiro atoms. The number of rotatable bonds is 7. The number of nitrogens with one attached hydrogen (secondary N) is 2. The van der Waals surface area contributed by atoms with Crippen molar-refractivity contribution in [3.8, 4) is 0 Å². The topological polar surface area (TPSA) is 92.3 Å². The average Bonchev–Trinajstić information content (AvgIpc) is 3.20. The maximum atomic E-state index is 12.8. The molecule has 0 fully saturated rings. The Hall–Kier alpha value is -2.10. The predicted octanol–water partition coefficient (Wildman–Crippen LogP) is 2.50. The smallest absolute Gasteiger partial charge is 0.271 e. The first-order valence-electron chi connectivity index (χ1n) is 8.16. The number of carbonyl (C=O) groups excluding carboxylic acids is 2. The molecule has 0 bridgehead atoms. The Morgan fingerprint density at radius 1 is 1.19 bits per heavy atom. The summed E-state index contributed by atoms with van der Waals surface area (Å²) in [5, 5.41) is 3.68. The highest BCUT2D eigenvalue weighted by Crippen LogP contribution is 2.32. The summed E-state index contributed by atoms with van der Waals surface area (Å²) in [6.45, 7) is 0. The molecule has 1 atom stereocenters. The number of thioether (sulfide) groups is 1. The monoisotopic (exact) mass is 422 g/mol. The van der Waals surface area contributed by atoms with Gasteiger partial charge in [-0.2, -0.15) is 0 Å². The number of amides is 1. The van der Waals surface area contributed by atoms with Gasteiger partial charge in [-0.15, -0.1) is 23.1 Å². The number of carbonyl (C=O) groups is 2. The molecule has 3 rings (SSSR count). The molecule has 1 aromatic heterocycles. The van der Waals surface area contributed by atoms with E-state index in [4.69, 9.17) is 0 Å². The first kappa shape index (κ1) is 19.7. The van der Waals surface area contributed by atoms with Crippen molar-refractivity contribution in [3.63, 3.8) is 0 Å². The third-order valence-corrected chi connectivity index (χ3v) is 7.88. The fourth-order valence-electron chi connectivity index (χ4n) is 2.63. The molecule has 9 heteroatoms. The summed E-state index contributed by atoms with van der Waals surface area (Å²) in [5.74, 6) is 0.264. The van der Waals surface area contributed by atoms with E-state index in [9.17, 15) is 18.0 Å². The molecule has 0 saturated heterocycles. The molecule has 1 heterocycles. The van der Waals surface area contributed by atoms with E-state index >= 15 is 0 Å². The maximum Gasteiger partial charge on any atom is 0.271 e. The van der Waals surface area contributed by atoms with Gasteiger partial charge in [0.15, 0.2) is 5.78 Å². The van der Waals surface area contributed by atoms with Gasteiger partial charge in [-0.1, -0.05) is 30.3 Å². The number of hydrogen-bond donors (Lipinski definition) is 2. The molecule has 6 nitrogen and oxygen atoms in total. The minimum Gasteiger partial charge on any atom is -0.359 e. The predicted molar refractivity (Wildman–Crippen MR) is 108 cm³/mol. The summed E-state index contributed by atoms with van der Waals surface area (Å²) < 4.78 is 28.1. The van der Waals surface area contributed by atoms with Crippen LogP contribution in [0.3, 0.4) is 0 Å². The third kappa shape index (κ3) is 4.42. The number of ketones is 1. The molecule has 0 aliphatic heterocycles. The summed E-state index contributed by atoms with van der Waals surface area (Å²) in [5.41, 5.74) is 1.42. The van der Waals surface area contributed by atoms with Crippen LogP contribution in [0.5, 0.6) is 0 Å². The minimum atomic E-state index is -3.72. The van der Waals surface area contributed by atoms with Gasteiger partial charge in [-0.25, -0.2) is 8.42 Å². The summed E-state index contributed by atoms with van der Waals surface area (Å²) >= 11 is 2.45. The Bertz CT molecular complexity index is 982. The van der Waals surface area contributed by atoms with E-state index in [1.807, 2.05) is 0 Å². The first-order valence-corrected chi connectivity index (χ1v) is 11.6. The van der Waals surface area contributed by atoms with Gasteiger partial charge in [0.2, 0.25) is 5.91 Å². The van der Waals surface area contributed by atoms with E-state index in [2.05, 4.69) is 10.0 Å². The molecule has 0 radical (unpaired) electrons.